The van der Waals surface area contributed by atoms with Crippen LogP contribution < -0.4 is 10.1 Å². The zero-order valence-corrected chi connectivity index (χ0v) is 21.6. The Hall–Kier alpha value is -3.64. The molecule has 1 aromatic heterocycles. The van der Waals surface area contributed by atoms with E-state index in [9.17, 15) is 9.59 Å². The normalized spacial score (nSPS) is 13.0. The molecule has 0 bridgehead atoms. The highest BCUT2D eigenvalue weighted by Crippen LogP contribution is 2.45. The molecule has 0 radical (unpaired) electrons. The first kappa shape index (κ1) is 27.0. The molecule has 2 amide bonds. The lowest BCUT2D eigenvalue weighted by Crippen LogP contribution is -2.35. The molecular formula is C27H34N4O5. The first-order valence-electron chi connectivity index (χ1n) is 12.0. The number of carbonyl (C=O) groups excluding carboxylic acids is 2. The van der Waals surface area contributed by atoms with Gasteiger partial charge in [0.15, 0.2) is 12.6 Å². The van der Waals surface area contributed by atoms with Crippen molar-refractivity contribution in [2.45, 2.75) is 58.5 Å². The lowest BCUT2D eigenvalue weighted by atomic mass is 10.0. The molecule has 1 aromatic carbocycles. The van der Waals surface area contributed by atoms with E-state index in [0.29, 0.717) is 35.3 Å². The Balaban J connectivity index is 1.74. The fourth-order valence-electron chi connectivity index (χ4n) is 3.40. The van der Waals surface area contributed by atoms with Crippen LogP contribution in [0.3, 0.4) is 0 Å². The Morgan fingerprint density at radius 2 is 1.97 bits per heavy atom. The molecule has 1 aliphatic carbocycles. The van der Waals surface area contributed by atoms with E-state index in [4.69, 9.17) is 20.6 Å². The predicted molar refractivity (Wildman–Crippen MR) is 137 cm³/mol. The molecule has 36 heavy (non-hydrogen) atoms. The van der Waals surface area contributed by atoms with E-state index in [2.05, 4.69) is 21.4 Å². The summed E-state index contributed by atoms with van der Waals surface area (Å²) in [6.07, 6.45) is 7.25. The van der Waals surface area contributed by atoms with Gasteiger partial charge in [-0.25, -0.2) is 4.79 Å². The smallest absolute Gasteiger partial charge is 0.410 e. The molecule has 1 heterocycles. The Bertz CT molecular complexity index is 1130. The Labute approximate surface area is 212 Å². The predicted octanol–water partition coefficient (Wildman–Crippen LogP) is 4.57. The highest BCUT2D eigenvalue weighted by molar-refractivity contribution is 5.90. The van der Waals surface area contributed by atoms with Gasteiger partial charge in [-0.15, -0.1) is 16.6 Å². The number of nitrogens with one attached hydrogen (secondary N) is 1. The molecule has 192 valence electrons. The van der Waals surface area contributed by atoms with Gasteiger partial charge in [-0.1, -0.05) is 5.92 Å². The third kappa shape index (κ3) is 7.68. The van der Waals surface area contributed by atoms with Gasteiger partial charge in [0.2, 0.25) is 5.91 Å². The lowest BCUT2D eigenvalue weighted by molar-refractivity contribution is -0.116. The van der Waals surface area contributed by atoms with Crippen LogP contribution in [0.5, 0.6) is 5.75 Å². The van der Waals surface area contributed by atoms with Crippen LogP contribution in [0.2, 0.25) is 0 Å². The Morgan fingerprint density at radius 3 is 2.61 bits per heavy atom. The molecule has 1 N–H and O–H groups in total. The van der Waals surface area contributed by atoms with Gasteiger partial charge in [0.25, 0.3) is 0 Å². The fraction of sp³-hybridized carbons (Fsp3) is 0.481. The Kier molecular flexibility index (Phi) is 8.88. The number of ether oxygens (including phenoxy) is 3. The summed E-state index contributed by atoms with van der Waals surface area (Å²) in [6.45, 7) is 8.11. The number of aromatic nitrogens is 2. The summed E-state index contributed by atoms with van der Waals surface area (Å²) in [5.74, 6) is 3.61. The number of carbonyl (C=O) groups is 2. The van der Waals surface area contributed by atoms with Gasteiger partial charge < -0.3 is 24.4 Å². The van der Waals surface area contributed by atoms with E-state index in [1.165, 1.54) is 4.90 Å². The summed E-state index contributed by atoms with van der Waals surface area (Å²) < 4.78 is 16.5. The maximum Gasteiger partial charge on any atom is 0.410 e. The van der Waals surface area contributed by atoms with Crippen molar-refractivity contribution in [1.82, 2.24) is 15.1 Å². The molecule has 0 atom stereocenters. The third-order valence-electron chi connectivity index (χ3n) is 5.39. The minimum atomic E-state index is -0.598. The number of hydrogen-bond acceptors (Lipinski definition) is 7. The number of nitrogens with zero attached hydrogens (tertiary/aromatic N) is 3. The number of rotatable bonds is 10. The molecule has 0 aliphatic heterocycles. The molecule has 9 heteroatoms. The van der Waals surface area contributed by atoms with E-state index < -0.39 is 11.7 Å². The van der Waals surface area contributed by atoms with Gasteiger partial charge >= 0.3 is 6.09 Å². The van der Waals surface area contributed by atoms with Crippen LogP contribution in [0.15, 0.2) is 24.3 Å². The fourth-order valence-corrected chi connectivity index (χ4v) is 3.40. The van der Waals surface area contributed by atoms with E-state index in [-0.39, 0.29) is 25.7 Å². The summed E-state index contributed by atoms with van der Waals surface area (Å²) >= 11 is 0. The number of benzene rings is 1. The van der Waals surface area contributed by atoms with Crippen molar-refractivity contribution in [3.63, 3.8) is 0 Å². The first-order chi connectivity index (χ1) is 17.1. The summed E-state index contributed by atoms with van der Waals surface area (Å²) in [4.78, 5) is 26.0. The van der Waals surface area contributed by atoms with Crippen molar-refractivity contribution in [2.75, 3.05) is 32.3 Å². The second-order valence-electron chi connectivity index (χ2n) is 9.62. The van der Waals surface area contributed by atoms with Crippen LogP contribution in [0.4, 0.5) is 10.6 Å². The average molecular weight is 495 g/mol. The monoisotopic (exact) mass is 494 g/mol. The largest absolute Gasteiger partial charge is 0.467 e. The second-order valence-corrected chi connectivity index (χ2v) is 9.62. The number of terminal acetylenes is 1. The minimum Gasteiger partial charge on any atom is -0.467 e. The van der Waals surface area contributed by atoms with Crippen LogP contribution in [0.25, 0.3) is 11.3 Å². The SMILES string of the molecule is C#Cc1ccc(-c2nnc(NC(=O)CCN(C)C(=O)OC(C)(C)C)cc2C2CC2)c(OCOCC)c1. The van der Waals surface area contributed by atoms with Crippen molar-refractivity contribution >= 4 is 17.8 Å². The summed E-state index contributed by atoms with van der Waals surface area (Å²) in [5, 5.41) is 11.5. The molecule has 9 nitrogen and oxygen atoms in total. The molecular weight excluding hydrogens is 460 g/mol. The van der Waals surface area contributed by atoms with E-state index in [0.717, 1.165) is 24.0 Å². The van der Waals surface area contributed by atoms with Gasteiger partial charge in [0, 0.05) is 37.7 Å². The molecule has 3 rings (SSSR count). The van der Waals surface area contributed by atoms with Crippen LogP contribution in [-0.2, 0) is 14.3 Å². The second kappa shape index (κ2) is 11.9. The van der Waals surface area contributed by atoms with E-state index >= 15 is 0 Å². The van der Waals surface area contributed by atoms with Gasteiger partial charge in [0.1, 0.15) is 17.0 Å². The van der Waals surface area contributed by atoms with Crippen LogP contribution >= 0.6 is 0 Å². The highest BCUT2D eigenvalue weighted by Gasteiger charge is 2.29. The minimum absolute atomic E-state index is 0.0929. The molecule has 0 spiro atoms. The maximum absolute atomic E-state index is 12.5. The molecule has 0 unspecified atom stereocenters. The molecule has 1 fully saturated rings. The van der Waals surface area contributed by atoms with Crippen molar-refractivity contribution in [3.8, 4) is 29.4 Å². The maximum atomic E-state index is 12.5. The number of anilines is 1. The lowest BCUT2D eigenvalue weighted by Gasteiger charge is -2.24. The third-order valence-corrected chi connectivity index (χ3v) is 5.39. The summed E-state index contributed by atoms with van der Waals surface area (Å²) in [7, 11) is 1.60. The zero-order chi connectivity index (χ0) is 26.3. The van der Waals surface area contributed by atoms with Crippen molar-refractivity contribution in [1.29, 1.82) is 0 Å². The Morgan fingerprint density at radius 1 is 1.22 bits per heavy atom. The molecule has 1 saturated carbocycles. The van der Waals surface area contributed by atoms with Crippen LogP contribution in [0.1, 0.15) is 64.0 Å². The van der Waals surface area contributed by atoms with Gasteiger partial charge in [-0.05, 0) is 76.3 Å². The summed E-state index contributed by atoms with van der Waals surface area (Å²) in [5.41, 5.74) is 2.53. The molecule has 0 saturated heterocycles. The van der Waals surface area contributed by atoms with Gasteiger partial charge in [-0.3, -0.25) is 4.79 Å². The first-order valence-corrected chi connectivity index (χ1v) is 12.0. The van der Waals surface area contributed by atoms with Gasteiger partial charge in [-0.2, -0.15) is 0 Å². The van der Waals surface area contributed by atoms with Crippen molar-refractivity contribution < 1.29 is 23.8 Å². The number of hydrogen-bond donors (Lipinski definition) is 1. The van der Waals surface area contributed by atoms with Crippen LogP contribution in [-0.4, -0.2) is 59.7 Å². The average Bonchev–Trinajstić information content (AvgIpc) is 3.67. The zero-order valence-electron chi connectivity index (χ0n) is 21.6. The summed E-state index contributed by atoms with van der Waals surface area (Å²) in [6, 6.07) is 7.34. The standard InChI is InChI=1S/C27H34N4O5/c1-7-18-9-12-20(22(15-18)35-17-34-8-2)25-21(19-10-11-19)16-23(29-30-25)28-24(32)13-14-31(6)26(33)36-27(3,4)5/h1,9,12,15-16,19H,8,10-11,13-14,17H2,2-6H3,(H,28,29,32). The van der Waals surface area contributed by atoms with Crippen LogP contribution in [0, 0.1) is 12.3 Å². The van der Waals surface area contributed by atoms with Crippen molar-refractivity contribution in [2.24, 2.45) is 0 Å². The quantitative estimate of drug-likeness (QED) is 0.293. The van der Waals surface area contributed by atoms with Crippen molar-refractivity contribution in [3.05, 3.63) is 35.4 Å². The number of amides is 2. The highest BCUT2D eigenvalue weighted by atomic mass is 16.7. The van der Waals surface area contributed by atoms with E-state index in [1.54, 1.807) is 33.9 Å². The topological polar surface area (TPSA) is 103 Å². The van der Waals surface area contributed by atoms with E-state index in [1.807, 2.05) is 25.1 Å². The molecule has 2 aromatic rings. The molecule has 1 aliphatic rings. The van der Waals surface area contributed by atoms with Gasteiger partial charge in [0.05, 0.1) is 0 Å².